The number of thioether (sulfide) groups is 1. The Kier molecular flexibility index (Phi) is 7.06. The number of nitrogens with zero attached hydrogens (tertiary/aromatic N) is 4. The Morgan fingerprint density at radius 2 is 1.62 bits per heavy atom. The third-order valence-electron chi connectivity index (χ3n) is 4.98. The average molecular weight is 476 g/mol. The van der Waals surface area contributed by atoms with Gasteiger partial charge in [-0.05, 0) is 54.6 Å². The normalized spacial score (nSPS) is 13.8. The number of aromatic nitrogens is 2. The first-order valence-corrected chi connectivity index (χ1v) is 11.3. The fourth-order valence-electron chi connectivity index (χ4n) is 3.32. The molecule has 0 aliphatic carbocycles. The second-order valence-electron chi connectivity index (χ2n) is 7.14. The van der Waals surface area contributed by atoms with Crippen LogP contribution in [0.2, 0.25) is 5.02 Å². The van der Waals surface area contributed by atoms with E-state index in [4.69, 9.17) is 11.6 Å². The van der Waals surface area contributed by atoms with E-state index in [1.807, 2.05) is 12.1 Å². The van der Waals surface area contributed by atoms with Gasteiger partial charge in [0.15, 0.2) is 5.82 Å². The molecule has 2 heterocycles. The van der Waals surface area contributed by atoms with E-state index in [0.717, 1.165) is 43.8 Å². The van der Waals surface area contributed by atoms with Crippen LogP contribution in [0, 0.1) is 11.6 Å². The zero-order valence-corrected chi connectivity index (χ0v) is 18.5. The standard InChI is InChI=1S/C22H20ClF2N5OS/c23-18-13-16(25)3-6-19(18)26-21(31)14-32-22-8-7-20(27-28-22)30-11-9-29(10-12-30)17-4-1-15(24)2-5-17/h1-8,13H,9-12,14H2,(H,26,31). The quantitative estimate of drug-likeness (QED) is 0.531. The van der Waals surface area contributed by atoms with Crippen LogP contribution < -0.4 is 15.1 Å². The zero-order chi connectivity index (χ0) is 22.5. The number of rotatable bonds is 6. The van der Waals surface area contributed by atoms with E-state index in [-0.39, 0.29) is 22.5 Å². The van der Waals surface area contributed by atoms with Gasteiger partial charge in [-0.1, -0.05) is 23.4 Å². The van der Waals surface area contributed by atoms with Gasteiger partial charge in [-0.2, -0.15) is 0 Å². The lowest BCUT2D eigenvalue weighted by molar-refractivity contribution is -0.113. The number of amides is 1. The van der Waals surface area contributed by atoms with Gasteiger partial charge in [0.1, 0.15) is 16.7 Å². The minimum absolute atomic E-state index is 0.123. The maximum atomic E-state index is 13.1. The first-order valence-electron chi connectivity index (χ1n) is 9.95. The number of piperazine rings is 1. The number of nitrogens with one attached hydrogen (secondary N) is 1. The van der Waals surface area contributed by atoms with E-state index in [2.05, 4.69) is 25.3 Å². The predicted octanol–water partition coefficient (Wildman–Crippen LogP) is 4.47. The molecule has 1 N–H and O–H groups in total. The zero-order valence-electron chi connectivity index (χ0n) is 17.0. The molecule has 6 nitrogen and oxygen atoms in total. The molecule has 2 aromatic carbocycles. The second-order valence-corrected chi connectivity index (χ2v) is 8.54. The highest BCUT2D eigenvalue weighted by Crippen LogP contribution is 2.24. The van der Waals surface area contributed by atoms with Gasteiger partial charge >= 0.3 is 0 Å². The van der Waals surface area contributed by atoms with E-state index < -0.39 is 5.82 Å². The molecule has 0 spiro atoms. The summed E-state index contributed by atoms with van der Waals surface area (Å²) < 4.78 is 26.2. The van der Waals surface area contributed by atoms with Crippen LogP contribution >= 0.6 is 23.4 Å². The highest BCUT2D eigenvalue weighted by atomic mass is 35.5. The van der Waals surface area contributed by atoms with Gasteiger partial charge in [0.25, 0.3) is 0 Å². The van der Waals surface area contributed by atoms with Crippen LogP contribution in [0.1, 0.15) is 0 Å². The van der Waals surface area contributed by atoms with E-state index in [9.17, 15) is 13.6 Å². The van der Waals surface area contributed by atoms with Gasteiger partial charge in [0.2, 0.25) is 5.91 Å². The van der Waals surface area contributed by atoms with Crippen LogP contribution in [0.3, 0.4) is 0 Å². The number of benzene rings is 2. The minimum atomic E-state index is -0.463. The Labute approximate surface area is 193 Å². The molecule has 0 unspecified atom stereocenters. The van der Waals surface area contributed by atoms with Crippen molar-refractivity contribution in [2.75, 3.05) is 47.0 Å². The molecule has 32 heavy (non-hydrogen) atoms. The smallest absolute Gasteiger partial charge is 0.234 e. The van der Waals surface area contributed by atoms with E-state index in [0.29, 0.717) is 10.7 Å². The molecular formula is C22H20ClF2N5OS. The van der Waals surface area contributed by atoms with Crippen molar-refractivity contribution in [2.45, 2.75) is 5.03 Å². The summed E-state index contributed by atoms with van der Waals surface area (Å²) in [4.78, 5) is 16.5. The number of hydrogen-bond acceptors (Lipinski definition) is 6. The average Bonchev–Trinajstić information content (AvgIpc) is 2.81. The molecule has 10 heteroatoms. The Morgan fingerprint density at radius 1 is 0.938 bits per heavy atom. The summed E-state index contributed by atoms with van der Waals surface area (Å²) in [6.07, 6.45) is 0. The van der Waals surface area contributed by atoms with E-state index in [1.165, 1.54) is 36.0 Å². The van der Waals surface area contributed by atoms with Crippen molar-refractivity contribution < 1.29 is 13.6 Å². The monoisotopic (exact) mass is 475 g/mol. The summed E-state index contributed by atoms with van der Waals surface area (Å²) in [7, 11) is 0. The van der Waals surface area contributed by atoms with Crippen LogP contribution in [0.15, 0.2) is 59.6 Å². The highest BCUT2D eigenvalue weighted by molar-refractivity contribution is 7.99. The Morgan fingerprint density at radius 3 is 2.28 bits per heavy atom. The largest absolute Gasteiger partial charge is 0.368 e. The second kappa shape index (κ2) is 10.1. The first-order chi connectivity index (χ1) is 15.5. The SMILES string of the molecule is O=C(CSc1ccc(N2CCN(c3ccc(F)cc3)CC2)nn1)Nc1ccc(F)cc1Cl. The van der Waals surface area contributed by atoms with Crippen molar-refractivity contribution in [2.24, 2.45) is 0 Å². The van der Waals surface area contributed by atoms with E-state index >= 15 is 0 Å². The molecule has 4 rings (SSSR count). The van der Waals surface area contributed by atoms with Crippen LogP contribution in [0.25, 0.3) is 0 Å². The first kappa shape index (κ1) is 22.3. The third-order valence-corrected chi connectivity index (χ3v) is 6.21. The summed E-state index contributed by atoms with van der Waals surface area (Å²) in [6.45, 7) is 3.16. The van der Waals surface area contributed by atoms with Gasteiger partial charge in [0.05, 0.1) is 16.5 Å². The van der Waals surface area contributed by atoms with Crippen LogP contribution in [-0.2, 0) is 4.79 Å². The molecule has 1 amide bonds. The molecule has 0 bridgehead atoms. The Bertz CT molecular complexity index is 1080. The molecule has 166 valence electrons. The molecule has 1 aliphatic heterocycles. The molecule has 0 radical (unpaired) electrons. The fraction of sp³-hybridized carbons (Fsp3) is 0.227. The van der Waals surface area contributed by atoms with Crippen molar-refractivity contribution in [3.8, 4) is 0 Å². The van der Waals surface area contributed by atoms with Crippen molar-refractivity contribution in [1.82, 2.24) is 10.2 Å². The molecule has 1 aromatic heterocycles. The molecular weight excluding hydrogens is 456 g/mol. The van der Waals surface area contributed by atoms with Gasteiger partial charge in [-0.3, -0.25) is 4.79 Å². The summed E-state index contributed by atoms with van der Waals surface area (Å²) >= 11 is 7.18. The maximum Gasteiger partial charge on any atom is 0.234 e. The van der Waals surface area contributed by atoms with E-state index in [1.54, 1.807) is 12.1 Å². The lowest BCUT2D eigenvalue weighted by atomic mass is 10.2. The topological polar surface area (TPSA) is 61.4 Å². The summed E-state index contributed by atoms with van der Waals surface area (Å²) in [5.74, 6) is -0.0770. The fourth-order valence-corrected chi connectivity index (χ4v) is 4.15. The lowest BCUT2D eigenvalue weighted by Gasteiger charge is -2.36. The van der Waals surface area contributed by atoms with Gasteiger partial charge in [0, 0.05) is 31.9 Å². The van der Waals surface area contributed by atoms with Crippen molar-refractivity contribution >= 4 is 46.5 Å². The van der Waals surface area contributed by atoms with Crippen molar-refractivity contribution in [1.29, 1.82) is 0 Å². The van der Waals surface area contributed by atoms with Crippen LogP contribution in [-0.4, -0.2) is 48.0 Å². The number of halogens is 3. The van der Waals surface area contributed by atoms with Gasteiger partial charge < -0.3 is 15.1 Å². The van der Waals surface area contributed by atoms with Crippen molar-refractivity contribution in [3.05, 3.63) is 71.3 Å². The molecule has 0 saturated carbocycles. The highest BCUT2D eigenvalue weighted by Gasteiger charge is 2.19. The summed E-state index contributed by atoms with van der Waals surface area (Å²) in [6, 6.07) is 14.0. The maximum absolute atomic E-state index is 13.1. The molecule has 1 saturated heterocycles. The summed E-state index contributed by atoms with van der Waals surface area (Å²) in [5, 5.41) is 11.9. The molecule has 1 fully saturated rings. The van der Waals surface area contributed by atoms with Crippen LogP contribution in [0.5, 0.6) is 0 Å². The Hall–Kier alpha value is -2.91. The number of carbonyl (C=O) groups is 1. The third kappa shape index (κ3) is 5.66. The molecule has 1 aliphatic rings. The lowest BCUT2D eigenvalue weighted by Crippen LogP contribution is -2.46. The predicted molar refractivity (Wildman–Crippen MR) is 124 cm³/mol. The number of hydrogen-bond donors (Lipinski definition) is 1. The van der Waals surface area contributed by atoms with Gasteiger partial charge in [-0.25, -0.2) is 8.78 Å². The van der Waals surface area contributed by atoms with Crippen LogP contribution in [0.4, 0.5) is 26.0 Å². The number of carbonyl (C=O) groups excluding carboxylic acids is 1. The molecule has 3 aromatic rings. The number of anilines is 3. The van der Waals surface area contributed by atoms with Gasteiger partial charge in [-0.15, -0.1) is 10.2 Å². The van der Waals surface area contributed by atoms with Crippen molar-refractivity contribution in [3.63, 3.8) is 0 Å². The summed E-state index contributed by atoms with van der Waals surface area (Å²) in [5.41, 5.74) is 1.36. The Balaban J connectivity index is 1.26. The minimum Gasteiger partial charge on any atom is -0.368 e. The molecule has 0 atom stereocenters.